The van der Waals surface area contributed by atoms with Crippen molar-refractivity contribution in [3.8, 4) is 0 Å². The van der Waals surface area contributed by atoms with Gasteiger partial charge in [0.15, 0.2) is 0 Å². The minimum atomic E-state index is -0.205. The molecule has 0 bridgehead atoms. The number of carbonyl (C=O) groups excluding carboxylic acids is 1. The molecular weight excluding hydrogens is 274 g/mol. The highest BCUT2D eigenvalue weighted by atomic mass is 35.5. The smallest absolute Gasteiger partial charge is 0.241 e. The highest BCUT2D eigenvalue weighted by Gasteiger charge is 2.23. The Balaban J connectivity index is 2.78. The fraction of sp³-hybridized carbons (Fsp3) is 0.533. The summed E-state index contributed by atoms with van der Waals surface area (Å²) >= 11 is 6.07. The summed E-state index contributed by atoms with van der Waals surface area (Å²) in [5.41, 5.74) is 6.82. The molecule has 1 amide bonds. The number of nitrogens with two attached hydrogens (primary N) is 1. The third-order valence-electron chi connectivity index (χ3n) is 3.27. The molecule has 0 saturated carbocycles. The van der Waals surface area contributed by atoms with E-state index in [9.17, 15) is 4.79 Å². The van der Waals surface area contributed by atoms with Crippen molar-refractivity contribution in [1.29, 1.82) is 0 Å². The average Bonchev–Trinajstić information content (AvgIpc) is 2.38. The summed E-state index contributed by atoms with van der Waals surface area (Å²) in [5, 5.41) is 3.32. The second-order valence-electron chi connectivity index (χ2n) is 5.24. The standard InChI is InChI=1S/C15H24ClN3O/c1-5-8-19(10(2)3)11(4)15(20)18-14-7-6-12(17)9-13(14)16/h6-7,9-11H,5,8,17H2,1-4H3,(H,18,20). The molecule has 3 N–H and O–H groups in total. The number of carbonyl (C=O) groups is 1. The predicted molar refractivity (Wildman–Crippen MR) is 86.1 cm³/mol. The summed E-state index contributed by atoms with van der Waals surface area (Å²) in [6, 6.07) is 5.19. The van der Waals surface area contributed by atoms with Crippen molar-refractivity contribution in [2.24, 2.45) is 0 Å². The van der Waals surface area contributed by atoms with Gasteiger partial charge in [0, 0.05) is 11.7 Å². The van der Waals surface area contributed by atoms with E-state index in [1.807, 2.05) is 6.92 Å². The number of hydrogen-bond acceptors (Lipinski definition) is 3. The van der Waals surface area contributed by atoms with E-state index in [1.165, 1.54) is 0 Å². The monoisotopic (exact) mass is 297 g/mol. The Morgan fingerprint density at radius 3 is 2.55 bits per heavy atom. The van der Waals surface area contributed by atoms with Crippen LogP contribution in [0.4, 0.5) is 11.4 Å². The van der Waals surface area contributed by atoms with Crippen molar-refractivity contribution in [2.45, 2.75) is 46.2 Å². The highest BCUT2D eigenvalue weighted by Crippen LogP contribution is 2.24. The first kappa shape index (κ1) is 16.8. The third kappa shape index (κ3) is 4.39. The second-order valence-corrected chi connectivity index (χ2v) is 5.64. The Bertz CT molecular complexity index is 462. The molecule has 0 radical (unpaired) electrons. The molecule has 0 heterocycles. The van der Waals surface area contributed by atoms with Gasteiger partial charge in [-0.3, -0.25) is 9.69 Å². The number of benzene rings is 1. The molecule has 4 nitrogen and oxygen atoms in total. The lowest BCUT2D eigenvalue weighted by atomic mass is 10.2. The molecule has 1 aromatic rings. The zero-order valence-electron chi connectivity index (χ0n) is 12.6. The van der Waals surface area contributed by atoms with Crippen LogP contribution in [0.1, 0.15) is 34.1 Å². The zero-order chi connectivity index (χ0) is 15.3. The summed E-state index contributed by atoms with van der Waals surface area (Å²) in [6.07, 6.45) is 1.01. The third-order valence-corrected chi connectivity index (χ3v) is 3.59. The van der Waals surface area contributed by atoms with Gasteiger partial charge in [-0.05, 0) is 51.9 Å². The summed E-state index contributed by atoms with van der Waals surface area (Å²) in [6.45, 7) is 9.10. The molecule has 1 rings (SSSR count). The maximum Gasteiger partial charge on any atom is 0.241 e. The molecular formula is C15H24ClN3O. The number of halogens is 1. The van der Waals surface area contributed by atoms with E-state index in [0.717, 1.165) is 13.0 Å². The van der Waals surface area contributed by atoms with E-state index in [4.69, 9.17) is 17.3 Å². The highest BCUT2D eigenvalue weighted by molar-refractivity contribution is 6.34. The van der Waals surface area contributed by atoms with Crippen molar-refractivity contribution >= 4 is 28.9 Å². The molecule has 0 aromatic heterocycles. The van der Waals surface area contributed by atoms with Gasteiger partial charge in [-0.1, -0.05) is 18.5 Å². The molecule has 1 unspecified atom stereocenters. The summed E-state index contributed by atoms with van der Waals surface area (Å²) < 4.78 is 0. The maximum absolute atomic E-state index is 12.3. The SMILES string of the molecule is CCCN(C(C)C)C(C)C(=O)Nc1ccc(N)cc1Cl. The van der Waals surface area contributed by atoms with Crippen LogP contribution in [-0.2, 0) is 4.79 Å². The first-order chi connectivity index (χ1) is 9.36. The van der Waals surface area contributed by atoms with Crippen molar-refractivity contribution in [3.05, 3.63) is 23.2 Å². The first-order valence-corrected chi connectivity index (χ1v) is 7.36. The van der Waals surface area contributed by atoms with E-state index in [1.54, 1.807) is 18.2 Å². The van der Waals surface area contributed by atoms with Crippen LogP contribution in [0.3, 0.4) is 0 Å². The van der Waals surface area contributed by atoms with Crippen molar-refractivity contribution in [1.82, 2.24) is 4.90 Å². The normalized spacial score (nSPS) is 12.8. The van der Waals surface area contributed by atoms with Crippen LogP contribution < -0.4 is 11.1 Å². The first-order valence-electron chi connectivity index (χ1n) is 6.98. The van der Waals surface area contributed by atoms with E-state index < -0.39 is 0 Å². The fourth-order valence-corrected chi connectivity index (χ4v) is 2.41. The Labute approximate surface area is 126 Å². The van der Waals surface area contributed by atoms with Crippen molar-refractivity contribution < 1.29 is 4.79 Å². The summed E-state index contributed by atoms with van der Waals surface area (Å²) in [7, 11) is 0. The number of nitrogens with zero attached hydrogens (tertiary/aromatic N) is 1. The van der Waals surface area contributed by atoms with Gasteiger partial charge >= 0.3 is 0 Å². The zero-order valence-corrected chi connectivity index (χ0v) is 13.4. The van der Waals surface area contributed by atoms with Crippen LogP contribution in [0.2, 0.25) is 5.02 Å². The Morgan fingerprint density at radius 1 is 1.40 bits per heavy atom. The molecule has 1 aromatic carbocycles. The van der Waals surface area contributed by atoms with E-state index in [2.05, 4.69) is 31.0 Å². The molecule has 0 saturated heterocycles. The molecule has 0 aliphatic rings. The maximum atomic E-state index is 12.3. The van der Waals surface area contributed by atoms with Crippen molar-refractivity contribution in [2.75, 3.05) is 17.6 Å². The van der Waals surface area contributed by atoms with Gasteiger partial charge in [-0.25, -0.2) is 0 Å². The quantitative estimate of drug-likeness (QED) is 0.792. The van der Waals surface area contributed by atoms with Gasteiger partial charge in [0.05, 0.1) is 16.8 Å². The van der Waals surface area contributed by atoms with Crippen LogP contribution in [0, 0.1) is 0 Å². The van der Waals surface area contributed by atoms with E-state index in [-0.39, 0.29) is 11.9 Å². The topological polar surface area (TPSA) is 58.4 Å². The molecule has 0 fully saturated rings. The largest absolute Gasteiger partial charge is 0.399 e. The number of amides is 1. The lowest BCUT2D eigenvalue weighted by Crippen LogP contribution is -2.46. The molecule has 112 valence electrons. The van der Waals surface area contributed by atoms with Gasteiger partial charge < -0.3 is 11.1 Å². The molecule has 1 atom stereocenters. The van der Waals surface area contributed by atoms with E-state index >= 15 is 0 Å². The summed E-state index contributed by atoms with van der Waals surface area (Å²) in [4.78, 5) is 14.5. The number of anilines is 2. The predicted octanol–water partition coefficient (Wildman–Crippen LogP) is 3.37. The number of hydrogen-bond donors (Lipinski definition) is 2. The van der Waals surface area contributed by atoms with Gasteiger partial charge in [-0.2, -0.15) is 0 Å². The molecule has 5 heteroatoms. The second kappa shape index (κ2) is 7.50. The number of nitrogen functional groups attached to an aromatic ring is 1. The minimum absolute atomic E-state index is 0.0566. The van der Waals surface area contributed by atoms with Crippen LogP contribution in [0.15, 0.2) is 18.2 Å². The fourth-order valence-electron chi connectivity index (χ4n) is 2.18. The molecule has 0 spiro atoms. The molecule has 0 aliphatic heterocycles. The number of nitrogens with one attached hydrogen (secondary N) is 1. The average molecular weight is 298 g/mol. The van der Waals surface area contributed by atoms with Crippen LogP contribution in [0.5, 0.6) is 0 Å². The van der Waals surface area contributed by atoms with Gasteiger partial charge in [0.1, 0.15) is 0 Å². The number of rotatable bonds is 6. The molecule has 0 aliphatic carbocycles. The summed E-state index contributed by atoms with van der Waals surface area (Å²) in [5.74, 6) is -0.0566. The van der Waals surface area contributed by atoms with E-state index in [0.29, 0.717) is 22.4 Å². The van der Waals surface area contributed by atoms with Crippen LogP contribution in [-0.4, -0.2) is 29.4 Å². The Kier molecular flexibility index (Phi) is 6.30. The Hall–Kier alpha value is -1.26. The van der Waals surface area contributed by atoms with Gasteiger partial charge in [0.2, 0.25) is 5.91 Å². The van der Waals surface area contributed by atoms with Gasteiger partial charge in [-0.15, -0.1) is 0 Å². The Morgan fingerprint density at radius 2 is 2.05 bits per heavy atom. The molecule has 20 heavy (non-hydrogen) atoms. The van der Waals surface area contributed by atoms with Crippen LogP contribution in [0.25, 0.3) is 0 Å². The van der Waals surface area contributed by atoms with Crippen LogP contribution >= 0.6 is 11.6 Å². The lowest BCUT2D eigenvalue weighted by Gasteiger charge is -2.31. The van der Waals surface area contributed by atoms with Gasteiger partial charge in [0.25, 0.3) is 0 Å². The minimum Gasteiger partial charge on any atom is -0.399 e. The lowest BCUT2D eigenvalue weighted by molar-refractivity contribution is -0.121. The van der Waals surface area contributed by atoms with Crippen molar-refractivity contribution in [3.63, 3.8) is 0 Å².